The van der Waals surface area contributed by atoms with Crippen LogP contribution in [-0.4, -0.2) is 61.8 Å². The molecule has 0 aromatic carbocycles. The van der Waals surface area contributed by atoms with Crippen molar-refractivity contribution in [1.29, 1.82) is 0 Å². The Balaban J connectivity index is 2.14. The van der Waals surface area contributed by atoms with Crippen molar-refractivity contribution in [2.24, 2.45) is 0 Å². The average Bonchev–Trinajstić information content (AvgIpc) is 2.65. The topological polar surface area (TPSA) is 49.9 Å². The minimum absolute atomic E-state index is 0.0537. The summed E-state index contributed by atoms with van der Waals surface area (Å²) >= 11 is 5.94. The molecular weight excluding hydrogens is 276 g/mol. The van der Waals surface area contributed by atoms with E-state index in [1.54, 1.807) is 4.31 Å². The molecule has 2 saturated heterocycles. The predicted molar refractivity (Wildman–Crippen MR) is 71.0 cm³/mol. The Morgan fingerprint density at radius 3 is 2.50 bits per heavy atom. The van der Waals surface area contributed by atoms with Crippen molar-refractivity contribution in [3.05, 3.63) is 0 Å². The van der Waals surface area contributed by atoms with Crippen molar-refractivity contribution in [2.45, 2.75) is 31.7 Å². The van der Waals surface area contributed by atoms with Gasteiger partial charge in [0.2, 0.25) is 0 Å². The first-order valence-electron chi connectivity index (χ1n) is 6.57. The van der Waals surface area contributed by atoms with Crippen LogP contribution < -0.4 is 0 Å². The van der Waals surface area contributed by atoms with E-state index in [9.17, 15) is 8.42 Å². The molecule has 0 amide bonds. The van der Waals surface area contributed by atoms with Crippen LogP contribution in [0.2, 0.25) is 0 Å². The largest absolute Gasteiger partial charge is 0.379 e. The maximum atomic E-state index is 12.6. The first kappa shape index (κ1) is 14.5. The van der Waals surface area contributed by atoms with Crippen LogP contribution in [0.1, 0.15) is 25.7 Å². The van der Waals surface area contributed by atoms with Crippen molar-refractivity contribution >= 4 is 21.8 Å². The van der Waals surface area contributed by atoms with Crippen molar-refractivity contribution in [3.63, 3.8) is 0 Å². The zero-order chi connectivity index (χ0) is 13.0. The molecule has 1 unspecified atom stereocenters. The molecule has 2 aliphatic rings. The molecule has 2 rings (SSSR count). The Kier molecular flexibility index (Phi) is 5.26. The summed E-state index contributed by atoms with van der Waals surface area (Å²) in [4.78, 5) is 0. The second kappa shape index (κ2) is 6.52. The molecule has 18 heavy (non-hydrogen) atoms. The van der Waals surface area contributed by atoms with Crippen molar-refractivity contribution < 1.29 is 13.2 Å². The van der Waals surface area contributed by atoms with Gasteiger partial charge in [-0.15, -0.1) is 11.6 Å². The van der Waals surface area contributed by atoms with Gasteiger partial charge in [0, 0.05) is 31.6 Å². The van der Waals surface area contributed by atoms with Crippen LogP contribution in [0.25, 0.3) is 0 Å². The molecule has 0 aromatic heterocycles. The minimum Gasteiger partial charge on any atom is -0.379 e. The maximum absolute atomic E-state index is 12.6. The fourth-order valence-electron chi connectivity index (χ4n) is 2.53. The molecule has 2 heterocycles. The monoisotopic (exact) mass is 296 g/mol. The third kappa shape index (κ3) is 3.17. The molecule has 0 aliphatic carbocycles. The lowest BCUT2D eigenvalue weighted by Crippen LogP contribution is -2.52. The molecular formula is C11H21ClN2O3S. The van der Waals surface area contributed by atoms with Gasteiger partial charge in [0.25, 0.3) is 10.2 Å². The van der Waals surface area contributed by atoms with Crippen LogP contribution in [0.3, 0.4) is 0 Å². The number of nitrogens with zero attached hydrogens (tertiary/aromatic N) is 2. The van der Waals surface area contributed by atoms with E-state index >= 15 is 0 Å². The number of morpholine rings is 1. The van der Waals surface area contributed by atoms with Crippen LogP contribution in [-0.2, 0) is 14.9 Å². The van der Waals surface area contributed by atoms with Crippen molar-refractivity contribution in [3.8, 4) is 0 Å². The molecule has 106 valence electrons. The number of alkyl halides is 1. The summed E-state index contributed by atoms with van der Waals surface area (Å²) in [6.45, 7) is 2.47. The lowest BCUT2D eigenvalue weighted by atomic mass is 10.1. The van der Waals surface area contributed by atoms with E-state index < -0.39 is 10.2 Å². The summed E-state index contributed by atoms with van der Waals surface area (Å²) < 4.78 is 33.5. The molecule has 0 saturated carbocycles. The number of hydrogen-bond acceptors (Lipinski definition) is 3. The normalized spacial score (nSPS) is 29.1. The summed E-state index contributed by atoms with van der Waals surface area (Å²) in [7, 11) is -3.37. The van der Waals surface area contributed by atoms with Gasteiger partial charge < -0.3 is 4.74 Å². The van der Waals surface area contributed by atoms with Crippen molar-refractivity contribution in [2.75, 3.05) is 38.7 Å². The highest BCUT2D eigenvalue weighted by Gasteiger charge is 2.35. The van der Waals surface area contributed by atoms with E-state index in [2.05, 4.69) is 0 Å². The van der Waals surface area contributed by atoms with E-state index in [1.807, 2.05) is 0 Å². The van der Waals surface area contributed by atoms with E-state index in [0.29, 0.717) is 38.7 Å². The van der Waals surface area contributed by atoms with Gasteiger partial charge in [-0.2, -0.15) is 17.0 Å². The molecule has 0 radical (unpaired) electrons. The number of ether oxygens (including phenoxy) is 1. The first-order chi connectivity index (χ1) is 8.66. The fourth-order valence-corrected chi connectivity index (χ4v) is 4.76. The van der Waals surface area contributed by atoms with Crippen LogP contribution >= 0.6 is 11.6 Å². The van der Waals surface area contributed by atoms with Crippen LogP contribution in [0.5, 0.6) is 0 Å². The Morgan fingerprint density at radius 1 is 1.11 bits per heavy atom. The SMILES string of the molecule is O=S(=O)(N1CCOCC1)N1CCCCCC1CCl. The summed E-state index contributed by atoms with van der Waals surface area (Å²) in [6, 6.07) is -0.0537. The zero-order valence-corrected chi connectivity index (χ0v) is 12.1. The maximum Gasteiger partial charge on any atom is 0.282 e. The molecule has 0 N–H and O–H groups in total. The van der Waals surface area contributed by atoms with Crippen LogP contribution in [0.15, 0.2) is 0 Å². The van der Waals surface area contributed by atoms with Gasteiger partial charge in [-0.3, -0.25) is 0 Å². The molecule has 2 aliphatic heterocycles. The molecule has 7 heteroatoms. The van der Waals surface area contributed by atoms with Gasteiger partial charge >= 0.3 is 0 Å². The Labute approximate surface area is 114 Å². The van der Waals surface area contributed by atoms with Gasteiger partial charge in [-0.1, -0.05) is 12.8 Å². The van der Waals surface area contributed by atoms with E-state index in [0.717, 1.165) is 25.7 Å². The molecule has 0 aromatic rings. The second-order valence-electron chi connectivity index (χ2n) is 4.79. The Hall–Kier alpha value is 0.120. The molecule has 5 nitrogen and oxygen atoms in total. The van der Waals surface area contributed by atoms with Gasteiger partial charge in [0.1, 0.15) is 0 Å². The number of rotatable bonds is 3. The number of halogens is 1. The lowest BCUT2D eigenvalue weighted by molar-refractivity contribution is 0.0694. The van der Waals surface area contributed by atoms with E-state index in [4.69, 9.17) is 16.3 Å². The highest BCUT2D eigenvalue weighted by molar-refractivity contribution is 7.86. The quantitative estimate of drug-likeness (QED) is 0.732. The van der Waals surface area contributed by atoms with E-state index in [-0.39, 0.29) is 6.04 Å². The van der Waals surface area contributed by atoms with Gasteiger partial charge in [0.05, 0.1) is 13.2 Å². The lowest BCUT2D eigenvalue weighted by Gasteiger charge is -2.34. The van der Waals surface area contributed by atoms with Crippen LogP contribution in [0, 0.1) is 0 Å². The second-order valence-corrected chi connectivity index (χ2v) is 6.98. The van der Waals surface area contributed by atoms with E-state index in [1.165, 1.54) is 4.31 Å². The highest BCUT2D eigenvalue weighted by Crippen LogP contribution is 2.23. The third-order valence-corrected chi connectivity index (χ3v) is 6.04. The summed E-state index contributed by atoms with van der Waals surface area (Å²) in [5.74, 6) is 0.379. The van der Waals surface area contributed by atoms with Gasteiger partial charge in [-0.05, 0) is 12.8 Å². The Morgan fingerprint density at radius 2 is 1.83 bits per heavy atom. The molecule has 2 fully saturated rings. The molecule has 1 atom stereocenters. The minimum atomic E-state index is -3.37. The summed E-state index contributed by atoms with van der Waals surface area (Å²) in [5, 5.41) is 0. The van der Waals surface area contributed by atoms with Crippen LogP contribution in [0.4, 0.5) is 0 Å². The third-order valence-electron chi connectivity index (χ3n) is 3.59. The first-order valence-corrected chi connectivity index (χ1v) is 8.50. The average molecular weight is 297 g/mol. The smallest absolute Gasteiger partial charge is 0.282 e. The molecule has 0 bridgehead atoms. The van der Waals surface area contributed by atoms with Gasteiger partial charge in [-0.25, -0.2) is 0 Å². The Bertz CT molecular complexity index is 357. The van der Waals surface area contributed by atoms with Crippen molar-refractivity contribution in [1.82, 2.24) is 8.61 Å². The highest BCUT2D eigenvalue weighted by atomic mass is 35.5. The standard InChI is InChI=1S/C11H21ClN2O3S/c12-10-11-4-2-1-3-5-14(11)18(15,16)13-6-8-17-9-7-13/h11H,1-10H2. The molecule has 0 spiro atoms. The fraction of sp³-hybridized carbons (Fsp3) is 1.00. The van der Waals surface area contributed by atoms with Gasteiger partial charge in [0.15, 0.2) is 0 Å². The predicted octanol–water partition coefficient (Wildman–Crippen LogP) is 1.05. The summed E-state index contributed by atoms with van der Waals surface area (Å²) in [5.41, 5.74) is 0. The number of hydrogen-bond donors (Lipinski definition) is 0. The summed E-state index contributed by atoms with van der Waals surface area (Å²) in [6.07, 6.45) is 3.94. The zero-order valence-electron chi connectivity index (χ0n) is 10.6.